The molecule has 1 aromatic carbocycles. The van der Waals surface area contributed by atoms with Crippen molar-refractivity contribution in [3.05, 3.63) is 23.1 Å². The summed E-state index contributed by atoms with van der Waals surface area (Å²) in [5, 5.41) is 6.93. The van der Waals surface area contributed by atoms with Crippen LogP contribution in [0.15, 0.2) is 17.5 Å². The molecule has 2 heterocycles. The maximum atomic E-state index is 5.78. The van der Waals surface area contributed by atoms with Gasteiger partial charge in [-0.1, -0.05) is 0 Å². The molecule has 2 aromatic heterocycles. The fourth-order valence-corrected chi connectivity index (χ4v) is 5.02. The molecule has 0 N–H and O–H groups in total. The van der Waals surface area contributed by atoms with Gasteiger partial charge in [-0.15, -0.1) is 16.4 Å². The van der Waals surface area contributed by atoms with Gasteiger partial charge >= 0.3 is 0 Å². The molecule has 180 valence electrons. The lowest BCUT2D eigenvalue weighted by Gasteiger charge is -2.23. The predicted octanol–water partition coefficient (Wildman–Crippen LogP) is 4.49. The average molecular weight is 476 g/mol. The van der Waals surface area contributed by atoms with Gasteiger partial charge in [0.1, 0.15) is 22.0 Å². The van der Waals surface area contributed by atoms with Crippen LogP contribution in [0.25, 0.3) is 16.1 Å². The van der Waals surface area contributed by atoms with E-state index in [1.165, 1.54) is 12.8 Å². The zero-order valence-electron chi connectivity index (χ0n) is 20.1. The third kappa shape index (κ3) is 4.90. The van der Waals surface area contributed by atoms with E-state index in [0.717, 1.165) is 46.3 Å². The minimum Gasteiger partial charge on any atom is -0.496 e. The summed E-state index contributed by atoms with van der Waals surface area (Å²) in [4.78, 5) is 3.38. The zero-order chi connectivity index (χ0) is 23.4. The number of anilines is 1. The molecule has 0 amide bonds. The van der Waals surface area contributed by atoms with Gasteiger partial charge < -0.3 is 28.6 Å². The highest BCUT2D eigenvalue weighted by atomic mass is 32.1. The van der Waals surface area contributed by atoms with Crippen LogP contribution in [0.3, 0.4) is 0 Å². The second-order valence-electron chi connectivity index (χ2n) is 8.09. The highest BCUT2D eigenvalue weighted by Gasteiger charge is 2.30. The van der Waals surface area contributed by atoms with Gasteiger partial charge in [-0.05, 0) is 43.4 Å². The lowest BCUT2D eigenvalue weighted by Crippen LogP contribution is -2.29. The largest absolute Gasteiger partial charge is 0.496 e. The van der Waals surface area contributed by atoms with E-state index in [1.54, 1.807) is 39.8 Å². The molecule has 0 atom stereocenters. The summed E-state index contributed by atoms with van der Waals surface area (Å²) in [6.45, 7) is 5.54. The summed E-state index contributed by atoms with van der Waals surface area (Å²) in [7, 11) is 6.75. The molecule has 1 aliphatic rings. The molecule has 1 aliphatic carbocycles. The molecule has 0 radical (unpaired) electrons. The Hall–Kier alpha value is -2.49. The molecule has 9 heteroatoms. The summed E-state index contributed by atoms with van der Waals surface area (Å²) in [5.41, 5.74) is 3.77. The van der Waals surface area contributed by atoms with E-state index >= 15 is 0 Å². The number of benzene rings is 1. The van der Waals surface area contributed by atoms with Crippen molar-refractivity contribution in [3.8, 4) is 28.6 Å². The third-order valence-electron chi connectivity index (χ3n) is 5.84. The maximum absolute atomic E-state index is 5.78. The Morgan fingerprint density at radius 3 is 2.39 bits per heavy atom. The summed E-state index contributed by atoms with van der Waals surface area (Å²) < 4.78 is 30.2. The highest BCUT2D eigenvalue weighted by Crippen LogP contribution is 2.45. The number of rotatable bonds is 13. The molecule has 1 saturated carbocycles. The summed E-state index contributed by atoms with van der Waals surface area (Å²) in [6, 6.07) is 3.99. The smallest absolute Gasteiger partial charge is 0.258 e. The van der Waals surface area contributed by atoms with Crippen LogP contribution in [0.1, 0.15) is 25.3 Å². The Labute approximate surface area is 199 Å². The summed E-state index contributed by atoms with van der Waals surface area (Å²) in [5.74, 6) is 2.77. The number of thiazole rings is 1. The number of hydrogen-bond acceptors (Lipinski definition) is 8. The standard InChI is InChI=1S/C24H33N3O5S/c1-6-32-14-17-11-19(29-3)21(20(12-17)30-4)18-15-33-24-22(23(31-5)25-27(18)24)26(9-10-28-2)13-16-7-8-16/h11-12,15-16H,6-10,13-14H2,1-5H3. The van der Waals surface area contributed by atoms with Crippen LogP contribution in [0, 0.1) is 5.92 Å². The number of aromatic nitrogens is 2. The van der Waals surface area contributed by atoms with Gasteiger partial charge in [-0.25, -0.2) is 4.52 Å². The molecule has 0 saturated heterocycles. The molecule has 4 rings (SSSR count). The van der Waals surface area contributed by atoms with E-state index in [2.05, 4.69) is 10.3 Å². The van der Waals surface area contributed by atoms with E-state index in [1.807, 2.05) is 23.6 Å². The van der Waals surface area contributed by atoms with Crippen molar-refractivity contribution in [2.24, 2.45) is 5.92 Å². The molecule has 0 spiro atoms. The molecular weight excluding hydrogens is 442 g/mol. The van der Waals surface area contributed by atoms with Crippen LogP contribution in [0.5, 0.6) is 17.4 Å². The number of hydrogen-bond donors (Lipinski definition) is 0. The highest BCUT2D eigenvalue weighted by molar-refractivity contribution is 7.16. The molecule has 1 fully saturated rings. The van der Waals surface area contributed by atoms with Gasteiger partial charge in [-0.3, -0.25) is 0 Å². The first-order valence-corrected chi connectivity index (χ1v) is 12.1. The molecular formula is C24H33N3O5S. The van der Waals surface area contributed by atoms with Gasteiger partial charge in [0.25, 0.3) is 5.88 Å². The normalized spacial score (nSPS) is 13.5. The monoisotopic (exact) mass is 475 g/mol. The van der Waals surface area contributed by atoms with Gasteiger partial charge in [0.2, 0.25) is 0 Å². The van der Waals surface area contributed by atoms with E-state index in [0.29, 0.717) is 37.2 Å². The lowest BCUT2D eigenvalue weighted by molar-refractivity contribution is 0.133. The first-order chi connectivity index (χ1) is 16.1. The van der Waals surface area contributed by atoms with Crippen molar-refractivity contribution >= 4 is 21.9 Å². The van der Waals surface area contributed by atoms with Gasteiger partial charge in [0, 0.05) is 32.2 Å². The van der Waals surface area contributed by atoms with Crippen molar-refractivity contribution in [3.63, 3.8) is 0 Å². The summed E-state index contributed by atoms with van der Waals surface area (Å²) >= 11 is 1.64. The Morgan fingerprint density at radius 1 is 1.09 bits per heavy atom. The second kappa shape index (κ2) is 10.6. The number of methoxy groups -OCH3 is 4. The molecule has 0 unspecified atom stereocenters. The fourth-order valence-electron chi connectivity index (χ4n) is 4.01. The quantitative estimate of drug-likeness (QED) is 0.361. The van der Waals surface area contributed by atoms with Crippen molar-refractivity contribution in [1.29, 1.82) is 0 Å². The van der Waals surface area contributed by atoms with Crippen molar-refractivity contribution in [2.75, 3.05) is 59.6 Å². The van der Waals surface area contributed by atoms with Crippen LogP contribution >= 0.6 is 11.3 Å². The predicted molar refractivity (Wildman–Crippen MR) is 130 cm³/mol. The molecule has 33 heavy (non-hydrogen) atoms. The van der Waals surface area contributed by atoms with Crippen LogP contribution < -0.4 is 19.1 Å². The van der Waals surface area contributed by atoms with Crippen LogP contribution in [-0.2, 0) is 16.1 Å². The fraction of sp³-hybridized carbons (Fsp3) is 0.542. The lowest BCUT2D eigenvalue weighted by atomic mass is 10.1. The minimum absolute atomic E-state index is 0.498. The van der Waals surface area contributed by atoms with Crippen molar-refractivity contribution < 1.29 is 23.7 Å². The number of ether oxygens (including phenoxy) is 5. The Balaban J connectivity index is 1.81. The third-order valence-corrected chi connectivity index (χ3v) is 6.77. The van der Waals surface area contributed by atoms with E-state index in [-0.39, 0.29) is 0 Å². The topological polar surface area (TPSA) is 66.7 Å². The maximum Gasteiger partial charge on any atom is 0.258 e. The Morgan fingerprint density at radius 2 is 1.82 bits per heavy atom. The molecule has 8 nitrogen and oxygen atoms in total. The van der Waals surface area contributed by atoms with Gasteiger partial charge in [0.15, 0.2) is 0 Å². The SMILES string of the molecule is CCOCc1cc(OC)c(-c2csc3c(N(CCOC)CC4CC4)c(OC)nn23)c(OC)c1. The zero-order valence-corrected chi connectivity index (χ0v) is 20.9. The van der Waals surface area contributed by atoms with Crippen molar-refractivity contribution in [1.82, 2.24) is 9.61 Å². The first kappa shape index (κ1) is 23.7. The van der Waals surface area contributed by atoms with Crippen LogP contribution in [0.4, 0.5) is 5.69 Å². The molecule has 0 aliphatic heterocycles. The second-order valence-corrected chi connectivity index (χ2v) is 8.95. The first-order valence-electron chi connectivity index (χ1n) is 11.3. The Kier molecular flexibility index (Phi) is 7.62. The van der Waals surface area contributed by atoms with Gasteiger partial charge in [-0.2, -0.15) is 0 Å². The Bertz CT molecular complexity index is 1050. The summed E-state index contributed by atoms with van der Waals surface area (Å²) in [6.07, 6.45) is 2.54. The van der Waals surface area contributed by atoms with Crippen molar-refractivity contribution in [2.45, 2.75) is 26.4 Å². The molecule has 0 bridgehead atoms. The average Bonchev–Trinajstić information content (AvgIpc) is 3.46. The van der Waals surface area contributed by atoms with Crippen LogP contribution in [-0.4, -0.2) is 64.4 Å². The molecule has 3 aromatic rings. The van der Waals surface area contributed by atoms with E-state index < -0.39 is 0 Å². The van der Waals surface area contributed by atoms with E-state index in [9.17, 15) is 0 Å². The van der Waals surface area contributed by atoms with E-state index in [4.69, 9.17) is 28.8 Å². The number of nitrogens with zero attached hydrogens (tertiary/aromatic N) is 3. The van der Waals surface area contributed by atoms with Crippen LogP contribution in [0.2, 0.25) is 0 Å². The van der Waals surface area contributed by atoms with Gasteiger partial charge in [0.05, 0.1) is 45.8 Å². The minimum atomic E-state index is 0.498. The number of fused-ring (bicyclic) bond motifs is 1.